The zero-order chi connectivity index (χ0) is 41.8. The molecule has 21 heteroatoms. The number of benzene rings is 2. The topological polar surface area (TPSA) is 240 Å². The number of aliphatic hydroxyl groups is 2. The maximum absolute atomic E-state index is 12.5. The van der Waals surface area contributed by atoms with Gasteiger partial charge in [0, 0.05) is 65.8 Å². The van der Waals surface area contributed by atoms with Gasteiger partial charge in [0.25, 0.3) is 31.9 Å². The Morgan fingerprint density at radius 3 is 1.18 bits per heavy atom. The van der Waals surface area contributed by atoms with E-state index in [0.717, 1.165) is 21.4 Å². The first kappa shape index (κ1) is 46.9. The summed E-state index contributed by atoms with van der Waals surface area (Å²) in [5.74, 6) is -1.81. The molecule has 0 saturated heterocycles. The molecule has 2 aromatic carbocycles. The van der Waals surface area contributed by atoms with Crippen LogP contribution < -0.4 is 10.6 Å². The van der Waals surface area contributed by atoms with E-state index in [1.165, 1.54) is 60.6 Å². The Labute approximate surface area is 340 Å². The largest absolute Gasteiger partial charge is 2.00 e. The molecule has 0 bridgehead atoms. The zero-order valence-electron chi connectivity index (χ0n) is 31.4. The predicted molar refractivity (Wildman–Crippen MR) is 207 cm³/mol. The Balaban J connectivity index is 0.000000314. The molecule has 4 N–H and O–H groups in total. The van der Waals surface area contributed by atoms with Gasteiger partial charge in [-0.3, -0.25) is 27.8 Å². The molecule has 57 heavy (non-hydrogen) atoms. The third-order valence-corrected chi connectivity index (χ3v) is 10.9. The maximum Gasteiger partial charge on any atom is 2.00 e. The van der Waals surface area contributed by atoms with E-state index in [1.54, 1.807) is 88.9 Å². The van der Waals surface area contributed by atoms with Gasteiger partial charge in [-0.2, -0.15) is 0 Å². The van der Waals surface area contributed by atoms with Crippen LogP contribution in [0.1, 0.15) is 11.1 Å². The summed E-state index contributed by atoms with van der Waals surface area (Å²) in [5, 5.41) is 25.7. The van der Waals surface area contributed by atoms with Gasteiger partial charge in [-0.1, -0.05) is 36.4 Å². The molecule has 0 saturated carbocycles. The number of carbonyl (C=O) groups is 4. The number of hydrogen-bond acceptors (Lipinski definition) is 12. The standard InChI is InChI=1S/2C15H13N3O4S.2C3H7NO.Cu/c2*1-18-13(15(20)17-12-8-4-5-9-16-12)14(19)10-6-2-3-7-11(10)23(18,21)22;2*1-4(2)3-5;/h2*2-9,19H,1H3,(H,16,17,20);2*3H,1-2H3;/q;;;;+2. The summed E-state index contributed by atoms with van der Waals surface area (Å²) >= 11 is 0. The van der Waals surface area contributed by atoms with Crippen LogP contribution in [0.3, 0.4) is 0 Å². The molecule has 6 rings (SSSR count). The molecule has 1 radical (unpaired) electrons. The molecule has 0 atom stereocenters. The normalized spacial score (nSPS) is 14.1. The van der Waals surface area contributed by atoms with E-state index in [2.05, 4.69) is 20.6 Å². The van der Waals surface area contributed by atoms with E-state index >= 15 is 0 Å². The number of likely N-dealkylation sites (N-methyl/N-ethyl adjacent to an activating group) is 2. The van der Waals surface area contributed by atoms with E-state index in [1.807, 2.05) is 0 Å². The molecule has 18 nitrogen and oxygen atoms in total. The van der Waals surface area contributed by atoms with Crippen molar-refractivity contribution in [1.82, 2.24) is 28.4 Å². The summed E-state index contributed by atoms with van der Waals surface area (Å²) in [6.45, 7) is 0. The third kappa shape index (κ3) is 11.4. The molecule has 2 aromatic heterocycles. The van der Waals surface area contributed by atoms with Gasteiger partial charge in [-0.05, 0) is 48.5 Å². The van der Waals surface area contributed by atoms with Crippen molar-refractivity contribution in [1.29, 1.82) is 0 Å². The second-order valence-corrected chi connectivity index (χ2v) is 15.7. The molecule has 305 valence electrons. The van der Waals surface area contributed by atoms with E-state index in [4.69, 9.17) is 0 Å². The molecule has 0 unspecified atom stereocenters. The summed E-state index contributed by atoms with van der Waals surface area (Å²) in [7, 11) is 1.37. The van der Waals surface area contributed by atoms with Gasteiger partial charge in [0.1, 0.15) is 11.6 Å². The number of pyridine rings is 2. The smallest absolute Gasteiger partial charge is 0.505 e. The molecule has 2 aliphatic heterocycles. The quantitative estimate of drug-likeness (QED) is 0.162. The number of hydrogen-bond donors (Lipinski definition) is 4. The van der Waals surface area contributed by atoms with Crippen LogP contribution in [0.5, 0.6) is 0 Å². The minimum atomic E-state index is -3.91. The van der Waals surface area contributed by atoms with Crippen molar-refractivity contribution >= 4 is 67.8 Å². The van der Waals surface area contributed by atoms with Crippen LogP contribution in [-0.4, -0.2) is 122 Å². The second kappa shape index (κ2) is 20.6. The SMILES string of the molecule is CN(C)C=O.CN(C)C=O.CN1C(C(=O)Nc2ccccn2)=C(O)c2ccccc2S1(=O)=O.CN1C(C(=O)Nc2ccccn2)=C(O)c2ccccc2S1(=O)=O.[Cu+2]. The predicted octanol–water partition coefficient (Wildman–Crippen LogP) is 2.57. The van der Waals surface area contributed by atoms with Crippen LogP contribution in [0.25, 0.3) is 11.5 Å². The first-order valence-corrected chi connectivity index (χ1v) is 19.0. The summed E-state index contributed by atoms with van der Waals surface area (Å²) < 4.78 is 51.5. The van der Waals surface area contributed by atoms with Gasteiger partial charge in [-0.15, -0.1) is 0 Å². The third-order valence-electron chi connectivity index (χ3n) is 7.30. The Morgan fingerprint density at radius 1 is 0.596 bits per heavy atom. The molecular formula is C36H40CuN8O10S2+2. The van der Waals surface area contributed by atoms with Crippen LogP contribution in [0.2, 0.25) is 0 Å². The van der Waals surface area contributed by atoms with E-state index in [-0.39, 0.29) is 61.0 Å². The number of nitrogens with one attached hydrogen (secondary N) is 2. The Bertz CT molecular complexity index is 2180. The van der Waals surface area contributed by atoms with Crippen molar-refractivity contribution < 1.29 is 63.3 Å². The summed E-state index contributed by atoms with van der Waals surface area (Å²) in [6, 6.07) is 21.8. The number of fused-ring (bicyclic) bond motifs is 2. The van der Waals surface area contributed by atoms with Crippen LogP contribution in [0, 0.1) is 0 Å². The van der Waals surface area contributed by atoms with Crippen molar-refractivity contribution in [2.24, 2.45) is 0 Å². The number of anilines is 2. The number of sulfonamides is 2. The number of aromatic nitrogens is 2. The number of carbonyl (C=O) groups excluding carboxylic acids is 4. The van der Waals surface area contributed by atoms with Gasteiger partial charge in [0.05, 0.1) is 9.79 Å². The average Bonchev–Trinajstić information content (AvgIpc) is 3.18. The van der Waals surface area contributed by atoms with Crippen LogP contribution >= 0.6 is 0 Å². The molecule has 4 aromatic rings. The summed E-state index contributed by atoms with van der Waals surface area (Å²) in [5.41, 5.74) is -0.516. The maximum atomic E-state index is 12.5. The first-order chi connectivity index (χ1) is 26.4. The molecule has 0 aliphatic carbocycles. The van der Waals surface area contributed by atoms with Gasteiger partial charge < -0.3 is 30.6 Å². The van der Waals surface area contributed by atoms with Crippen LogP contribution in [0.4, 0.5) is 11.6 Å². The van der Waals surface area contributed by atoms with Gasteiger partial charge in [0.2, 0.25) is 12.8 Å². The fourth-order valence-corrected chi connectivity index (χ4v) is 7.38. The van der Waals surface area contributed by atoms with E-state index in [9.17, 15) is 46.2 Å². The number of aliphatic hydroxyl groups excluding tert-OH is 2. The molecule has 4 heterocycles. The van der Waals surface area contributed by atoms with Crippen molar-refractivity contribution in [3.63, 3.8) is 0 Å². The number of nitrogens with zero attached hydrogens (tertiary/aromatic N) is 6. The summed E-state index contributed by atoms with van der Waals surface area (Å²) in [6.07, 6.45) is 4.47. The van der Waals surface area contributed by atoms with Crippen LogP contribution in [-0.2, 0) is 56.3 Å². The van der Waals surface area contributed by atoms with Crippen molar-refractivity contribution in [3.05, 3.63) is 120 Å². The molecule has 0 spiro atoms. The molecule has 2 aliphatic rings. The fraction of sp³-hybridized carbons (Fsp3) is 0.167. The summed E-state index contributed by atoms with van der Waals surface area (Å²) in [4.78, 5) is 54.4. The van der Waals surface area contributed by atoms with Gasteiger partial charge >= 0.3 is 17.1 Å². The molecular weight excluding hydrogens is 832 g/mol. The monoisotopic (exact) mass is 871 g/mol. The Hall–Kier alpha value is -6.28. The second-order valence-electron chi connectivity index (χ2n) is 11.8. The van der Waals surface area contributed by atoms with E-state index in [0.29, 0.717) is 0 Å². The molecule has 0 fully saturated rings. The van der Waals surface area contributed by atoms with Gasteiger partial charge in [-0.25, -0.2) is 26.8 Å². The number of rotatable bonds is 6. The van der Waals surface area contributed by atoms with Gasteiger partial charge in [0.15, 0.2) is 22.9 Å². The first-order valence-electron chi connectivity index (χ1n) is 16.1. The Kier molecular flexibility index (Phi) is 16.9. The average molecular weight is 872 g/mol. The van der Waals surface area contributed by atoms with Crippen molar-refractivity contribution in [3.8, 4) is 0 Å². The minimum Gasteiger partial charge on any atom is -0.505 e. The van der Waals surface area contributed by atoms with Crippen molar-refractivity contribution in [2.75, 3.05) is 52.9 Å². The number of amides is 4. The minimum absolute atomic E-state index is 0. The fourth-order valence-electron chi connectivity index (χ4n) is 4.59. The Morgan fingerprint density at radius 2 is 0.895 bits per heavy atom. The van der Waals surface area contributed by atoms with Crippen LogP contribution in [0.15, 0.2) is 119 Å². The van der Waals surface area contributed by atoms with E-state index < -0.39 is 43.4 Å². The zero-order valence-corrected chi connectivity index (χ0v) is 33.9. The molecule has 4 amide bonds. The van der Waals surface area contributed by atoms with Crippen molar-refractivity contribution in [2.45, 2.75) is 9.79 Å².